The van der Waals surface area contributed by atoms with Crippen molar-refractivity contribution in [2.45, 2.75) is 48.5 Å². The SMILES string of the molecule is C[CH-][P+]12c3cc(C)c(C)cc3[As](c3cc(C)c(C)cc31)c1cc(C)c(C)cc12. The monoisotopic (exact) mass is 446 g/mol. The molecule has 3 aromatic carbocycles. The predicted octanol–water partition coefficient (Wildman–Crippen LogP) is 3.16. The zero-order chi connectivity index (χ0) is 20.0. The van der Waals surface area contributed by atoms with Gasteiger partial charge in [0.05, 0.1) is 0 Å². The number of hydrogen-bond donors (Lipinski definition) is 0. The van der Waals surface area contributed by atoms with Gasteiger partial charge in [-0.2, -0.15) is 0 Å². The fourth-order valence-corrected chi connectivity index (χ4v) is 19.1. The summed E-state index contributed by atoms with van der Waals surface area (Å²) in [5, 5.41) is 5.01. The molecule has 28 heavy (non-hydrogen) atoms. The summed E-state index contributed by atoms with van der Waals surface area (Å²) in [4.78, 5) is 0. The van der Waals surface area contributed by atoms with Crippen LogP contribution in [0.3, 0.4) is 0 Å². The van der Waals surface area contributed by atoms with Crippen molar-refractivity contribution in [1.29, 1.82) is 0 Å². The molecule has 0 saturated carbocycles. The van der Waals surface area contributed by atoms with E-state index in [2.05, 4.69) is 91.0 Å². The minimum absolute atomic E-state index is 1.44. The Bertz CT molecular complexity index is 1030. The molecular weight excluding hydrogens is 418 g/mol. The van der Waals surface area contributed by atoms with Crippen molar-refractivity contribution in [3.8, 4) is 0 Å². The van der Waals surface area contributed by atoms with Gasteiger partial charge in [-0.25, -0.2) is 0 Å². The molecule has 2 bridgehead atoms. The third-order valence-electron chi connectivity index (χ3n) is 7.02. The standard InChI is InChI=1S/C26H28AsP/c1-8-28-24-12-18(5)15(2)9-21(24)27(22-10-16(3)19(6)13-25(22)28)23-11-17(4)20(7)14-26(23)28/h8-14H,1-7H3. The molecule has 3 aromatic rings. The van der Waals surface area contributed by atoms with Crippen molar-refractivity contribution in [1.82, 2.24) is 0 Å². The molecule has 0 aliphatic carbocycles. The summed E-state index contributed by atoms with van der Waals surface area (Å²) < 4.78 is 5.11. The minimum atomic E-state index is -1.68. The van der Waals surface area contributed by atoms with E-state index in [1.807, 2.05) is 0 Å². The Balaban J connectivity index is 2.00. The van der Waals surface area contributed by atoms with Gasteiger partial charge in [-0.15, -0.1) is 0 Å². The van der Waals surface area contributed by atoms with E-state index in [0.29, 0.717) is 0 Å². The molecule has 0 aromatic heterocycles. The molecular formula is C26H28AsP. The van der Waals surface area contributed by atoms with Crippen LogP contribution in [0.15, 0.2) is 36.4 Å². The van der Waals surface area contributed by atoms with Crippen molar-refractivity contribution in [2.75, 3.05) is 0 Å². The van der Waals surface area contributed by atoms with Gasteiger partial charge < -0.3 is 0 Å². The van der Waals surface area contributed by atoms with E-state index in [1.165, 1.54) is 33.4 Å². The van der Waals surface area contributed by atoms with E-state index in [1.54, 1.807) is 29.0 Å². The van der Waals surface area contributed by atoms with E-state index < -0.39 is 21.9 Å². The molecule has 0 radical (unpaired) electrons. The molecule has 3 heterocycles. The summed E-state index contributed by atoms with van der Waals surface area (Å²) in [6, 6.07) is 15.3. The predicted molar refractivity (Wildman–Crippen MR) is 128 cm³/mol. The van der Waals surface area contributed by atoms with Crippen LogP contribution in [-0.4, -0.2) is 14.7 Å². The molecule has 0 amide bonds. The quantitative estimate of drug-likeness (QED) is 0.306. The van der Waals surface area contributed by atoms with Gasteiger partial charge in [0.2, 0.25) is 0 Å². The Labute approximate surface area is 175 Å². The third kappa shape index (κ3) is 2.17. The maximum absolute atomic E-state index is 2.59. The van der Waals surface area contributed by atoms with Gasteiger partial charge in [-0.3, -0.25) is 0 Å². The van der Waals surface area contributed by atoms with Crippen molar-refractivity contribution >= 4 is 50.9 Å². The molecule has 2 heteroatoms. The number of hydrogen-bond acceptors (Lipinski definition) is 0. The first-order valence-electron chi connectivity index (χ1n) is 10.1. The Morgan fingerprint density at radius 3 is 1.11 bits per heavy atom. The second-order valence-corrected chi connectivity index (χ2v) is 16.4. The molecule has 0 atom stereocenters. The zero-order valence-electron chi connectivity index (χ0n) is 17.9. The van der Waals surface area contributed by atoms with Crippen molar-refractivity contribution in [3.05, 3.63) is 75.9 Å². The Morgan fingerprint density at radius 1 is 0.536 bits per heavy atom. The van der Waals surface area contributed by atoms with Crippen molar-refractivity contribution < 1.29 is 0 Å². The first-order chi connectivity index (χ1) is 13.3. The van der Waals surface area contributed by atoms with Gasteiger partial charge in [0, 0.05) is 0 Å². The van der Waals surface area contributed by atoms with Gasteiger partial charge in [-0.05, 0) is 0 Å². The summed E-state index contributed by atoms with van der Waals surface area (Å²) in [5.74, 6) is 0. The molecule has 3 aliphatic rings. The molecule has 0 N–H and O–H groups in total. The first-order valence-corrected chi connectivity index (χ1v) is 14.8. The average Bonchev–Trinajstić information content (AvgIpc) is 2.65. The maximum atomic E-state index is 2.59. The van der Waals surface area contributed by atoms with Crippen LogP contribution in [0.1, 0.15) is 40.3 Å². The second-order valence-electron chi connectivity index (χ2n) is 8.59. The summed E-state index contributed by atoms with van der Waals surface area (Å²) in [5.41, 5.74) is 8.68. The van der Waals surface area contributed by atoms with Gasteiger partial charge in [-0.1, -0.05) is 0 Å². The average molecular weight is 446 g/mol. The van der Waals surface area contributed by atoms with Gasteiger partial charge in [0.1, 0.15) is 0 Å². The fraction of sp³-hybridized carbons (Fsp3) is 0.269. The van der Waals surface area contributed by atoms with Crippen LogP contribution in [0.4, 0.5) is 0 Å². The molecule has 6 rings (SSSR count). The molecule has 0 fully saturated rings. The van der Waals surface area contributed by atoms with E-state index in [4.69, 9.17) is 0 Å². The third-order valence-corrected chi connectivity index (χ3v) is 17.7. The second kappa shape index (κ2) is 6.07. The van der Waals surface area contributed by atoms with Gasteiger partial charge >= 0.3 is 175 Å². The normalized spacial score (nSPS) is 21.3. The topological polar surface area (TPSA) is 0 Å². The van der Waals surface area contributed by atoms with Gasteiger partial charge in [0.15, 0.2) is 0 Å². The first kappa shape index (κ1) is 18.7. The van der Waals surface area contributed by atoms with Crippen LogP contribution >= 0.6 is 7.26 Å². The summed E-state index contributed by atoms with van der Waals surface area (Å²) in [6.45, 7) is 16.0. The molecule has 0 saturated heterocycles. The molecule has 0 nitrogen and oxygen atoms in total. The number of aryl methyl sites for hydroxylation is 6. The molecule has 0 spiro atoms. The molecule has 142 valence electrons. The van der Waals surface area contributed by atoms with Crippen LogP contribution < -0.4 is 29.0 Å². The van der Waals surface area contributed by atoms with Crippen molar-refractivity contribution in [3.63, 3.8) is 0 Å². The van der Waals surface area contributed by atoms with Crippen LogP contribution in [0, 0.1) is 47.7 Å². The molecule has 0 unspecified atom stereocenters. The van der Waals surface area contributed by atoms with E-state index >= 15 is 0 Å². The summed E-state index contributed by atoms with van der Waals surface area (Å²) in [6.07, 6.45) is 2.59. The summed E-state index contributed by atoms with van der Waals surface area (Å²) >= 11 is -1.52. The van der Waals surface area contributed by atoms with Crippen LogP contribution in [0.5, 0.6) is 0 Å². The van der Waals surface area contributed by atoms with E-state index in [-0.39, 0.29) is 0 Å². The Kier molecular flexibility index (Phi) is 4.05. The Hall–Kier alpha value is -1.35. The van der Waals surface area contributed by atoms with E-state index in [0.717, 1.165) is 0 Å². The molecule has 3 aliphatic heterocycles. The summed E-state index contributed by atoms with van der Waals surface area (Å²) in [7, 11) is -1.68. The van der Waals surface area contributed by atoms with Crippen LogP contribution in [-0.2, 0) is 0 Å². The fourth-order valence-electron chi connectivity index (χ4n) is 4.94. The van der Waals surface area contributed by atoms with Crippen LogP contribution in [0.2, 0.25) is 0 Å². The zero-order valence-corrected chi connectivity index (χ0v) is 20.7. The Morgan fingerprint density at radius 2 is 0.821 bits per heavy atom. The number of rotatable bonds is 1. The van der Waals surface area contributed by atoms with Gasteiger partial charge in [0.25, 0.3) is 0 Å². The van der Waals surface area contributed by atoms with E-state index in [9.17, 15) is 0 Å². The van der Waals surface area contributed by atoms with Crippen LogP contribution in [0.25, 0.3) is 0 Å². The van der Waals surface area contributed by atoms with Crippen molar-refractivity contribution in [2.24, 2.45) is 0 Å². The number of benzene rings is 3.